The largest absolute Gasteiger partial charge is 0.311 e. The number of aromatic nitrogens is 3. The molecular formula is C13H18ClN3. The van der Waals surface area contributed by atoms with Crippen LogP contribution in [0.15, 0.2) is 12.3 Å². The fraction of sp³-hybridized carbons (Fsp3) is 0.538. The Balaban J connectivity index is 2.54. The molecule has 0 aromatic carbocycles. The molecule has 0 N–H and O–H groups in total. The van der Waals surface area contributed by atoms with Crippen molar-refractivity contribution >= 4 is 22.8 Å². The van der Waals surface area contributed by atoms with E-state index in [0.717, 1.165) is 41.9 Å². The topological polar surface area (TPSA) is 30.7 Å². The van der Waals surface area contributed by atoms with Gasteiger partial charge in [0.15, 0.2) is 5.65 Å². The third-order valence-electron chi connectivity index (χ3n) is 2.84. The molecule has 0 spiro atoms. The molecule has 3 nitrogen and oxygen atoms in total. The van der Waals surface area contributed by atoms with Crippen molar-refractivity contribution < 1.29 is 0 Å². The summed E-state index contributed by atoms with van der Waals surface area (Å²) in [4.78, 5) is 9.07. The van der Waals surface area contributed by atoms with Gasteiger partial charge in [-0.2, -0.15) is 0 Å². The van der Waals surface area contributed by atoms with Crippen LogP contribution in [-0.4, -0.2) is 14.5 Å². The highest BCUT2D eigenvalue weighted by atomic mass is 35.5. The zero-order chi connectivity index (χ0) is 12.4. The van der Waals surface area contributed by atoms with E-state index in [1.165, 1.54) is 0 Å². The third-order valence-corrected chi connectivity index (χ3v) is 3.04. The normalized spacial score (nSPS) is 13.2. The van der Waals surface area contributed by atoms with Gasteiger partial charge in [0.05, 0.1) is 5.38 Å². The van der Waals surface area contributed by atoms with Crippen LogP contribution in [0, 0.1) is 6.92 Å². The van der Waals surface area contributed by atoms with Crippen LogP contribution in [-0.2, 0) is 6.54 Å². The molecule has 2 aromatic heterocycles. The molecule has 92 valence electrons. The van der Waals surface area contributed by atoms with Crippen molar-refractivity contribution in [2.45, 2.75) is 45.5 Å². The number of unbranched alkanes of at least 4 members (excludes halogenated alkanes) is 1. The minimum absolute atomic E-state index is 0.0821. The number of alkyl halides is 1. The van der Waals surface area contributed by atoms with Crippen LogP contribution in [0.2, 0.25) is 0 Å². The zero-order valence-electron chi connectivity index (χ0n) is 10.6. The maximum absolute atomic E-state index is 6.19. The van der Waals surface area contributed by atoms with E-state index in [4.69, 9.17) is 11.6 Å². The Hall–Kier alpha value is -1.09. The van der Waals surface area contributed by atoms with Gasteiger partial charge in [-0.05, 0) is 31.9 Å². The average molecular weight is 252 g/mol. The SMILES string of the molecule is CCCCn1c(C(C)Cl)nc2cc(C)cnc21. The van der Waals surface area contributed by atoms with Gasteiger partial charge >= 0.3 is 0 Å². The molecule has 1 unspecified atom stereocenters. The minimum Gasteiger partial charge on any atom is -0.311 e. The molecular weight excluding hydrogens is 234 g/mol. The van der Waals surface area contributed by atoms with E-state index in [1.807, 2.05) is 20.0 Å². The maximum atomic E-state index is 6.19. The second-order valence-electron chi connectivity index (χ2n) is 4.45. The first kappa shape index (κ1) is 12.4. The number of fused-ring (bicyclic) bond motifs is 1. The highest BCUT2D eigenvalue weighted by Crippen LogP contribution is 2.24. The van der Waals surface area contributed by atoms with Gasteiger partial charge in [0.1, 0.15) is 11.3 Å². The molecule has 1 atom stereocenters. The molecule has 0 saturated carbocycles. The molecule has 17 heavy (non-hydrogen) atoms. The van der Waals surface area contributed by atoms with Crippen molar-refractivity contribution in [3.63, 3.8) is 0 Å². The minimum atomic E-state index is -0.0821. The standard InChI is InChI=1S/C13H18ClN3/c1-4-5-6-17-12(10(3)14)16-11-7-9(2)8-15-13(11)17/h7-8,10H,4-6H2,1-3H3. The van der Waals surface area contributed by atoms with E-state index in [1.54, 1.807) is 0 Å². The summed E-state index contributed by atoms with van der Waals surface area (Å²) >= 11 is 6.19. The Morgan fingerprint density at radius 2 is 2.24 bits per heavy atom. The van der Waals surface area contributed by atoms with Gasteiger partial charge < -0.3 is 4.57 Å². The first-order valence-corrected chi connectivity index (χ1v) is 6.54. The summed E-state index contributed by atoms with van der Waals surface area (Å²) < 4.78 is 2.15. The van der Waals surface area contributed by atoms with Crippen LogP contribution in [0.5, 0.6) is 0 Å². The third kappa shape index (κ3) is 2.44. The van der Waals surface area contributed by atoms with Crippen molar-refractivity contribution in [2.24, 2.45) is 0 Å². The Kier molecular flexibility index (Phi) is 3.67. The number of rotatable bonds is 4. The number of hydrogen-bond acceptors (Lipinski definition) is 2. The monoisotopic (exact) mass is 251 g/mol. The fourth-order valence-electron chi connectivity index (χ4n) is 1.97. The molecule has 0 aliphatic carbocycles. The molecule has 0 saturated heterocycles. The number of hydrogen-bond donors (Lipinski definition) is 0. The summed E-state index contributed by atoms with van der Waals surface area (Å²) in [7, 11) is 0. The van der Waals surface area contributed by atoms with Crippen LogP contribution in [0.25, 0.3) is 11.2 Å². The van der Waals surface area contributed by atoms with Gasteiger partial charge in [0, 0.05) is 12.7 Å². The molecule has 0 aliphatic heterocycles. The van der Waals surface area contributed by atoms with Crippen molar-refractivity contribution in [3.05, 3.63) is 23.7 Å². The van der Waals surface area contributed by atoms with Gasteiger partial charge in [-0.3, -0.25) is 0 Å². The van der Waals surface area contributed by atoms with Gasteiger partial charge in [-0.1, -0.05) is 13.3 Å². The fourth-order valence-corrected chi connectivity index (χ4v) is 2.14. The Morgan fingerprint density at radius 1 is 1.47 bits per heavy atom. The Labute approximate surface area is 107 Å². The predicted molar refractivity (Wildman–Crippen MR) is 71.4 cm³/mol. The van der Waals surface area contributed by atoms with E-state index in [2.05, 4.69) is 27.5 Å². The van der Waals surface area contributed by atoms with E-state index in [-0.39, 0.29) is 5.38 Å². The highest BCUT2D eigenvalue weighted by Gasteiger charge is 2.15. The van der Waals surface area contributed by atoms with Crippen LogP contribution in [0.1, 0.15) is 43.5 Å². The number of nitrogens with zero attached hydrogens (tertiary/aromatic N) is 3. The Morgan fingerprint density at radius 3 is 2.88 bits per heavy atom. The van der Waals surface area contributed by atoms with Crippen LogP contribution in [0.4, 0.5) is 0 Å². The lowest BCUT2D eigenvalue weighted by atomic mass is 10.3. The van der Waals surface area contributed by atoms with Crippen LogP contribution < -0.4 is 0 Å². The Bertz CT molecular complexity index is 517. The van der Waals surface area contributed by atoms with Crippen molar-refractivity contribution in [1.29, 1.82) is 0 Å². The van der Waals surface area contributed by atoms with E-state index >= 15 is 0 Å². The van der Waals surface area contributed by atoms with Gasteiger partial charge in [0.25, 0.3) is 0 Å². The molecule has 0 radical (unpaired) electrons. The average Bonchev–Trinajstić information content (AvgIpc) is 2.64. The zero-order valence-corrected chi connectivity index (χ0v) is 11.3. The molecule has 4 heteroatoms. The summed E-state index contributed by atoms with van der Waals surface area (Å²) in [6.45, 7) is 7.11. The number of imidazole rings is 1. The van der Waals surface area contributed by atoms with Crippen molar-refractivity contribution in [3.8, 4) is 0 Å². The van der Waals surface area contributed by atoms with Gasteiger partial charge in [0.2, 0.25) is 0 Å². The lowest BCUT2D eigenvalue weighted by Crippen LogP contribution is -2.05. The van der Waals surface area contributed by atoms with Crippen LogP contribution >= 0.6 is 11.6 Å². The maximum Gasteiger partial charge on any atom is 0.160 e. The molecule has 2 rings (SSSR count). The van der Waals surface area contributed by atoms with Gasteiger partial charge in [-0.25, -0.2) is 9.97 Å². The quantitative estimate of drug-likeness (QED) is 0.773. The molecule has 0 aliphatic rings. The van der Waals surface area contributed by atoms with E-state index in [9.17, 15) is 0 Å². The number of halogens is 1. The van der Waals surface area contributed by atoms with E-state index < -0.39 is 0 Å². The smallest absolute Gasteiger partial charge is 0.160 e. The highest BCUT2D eigenvalue weighted by molar-refractivity contribution is 6.20. The molecule has 2 heterocycles. The van der Waals surface area contributed by atoms with Crippen LogP contribution in [0.3, 0.4) is 0 Å². The predicted octanol–water partition coefficient (Wildman–Crippen LogP) is 3.84. The lowest BCUT2D eigenvalue weighted by molar-refractivity contribution is 0.612. The van der Waals surface area contributed by atoms with Crippen molar-refractivity contribution in [1.82, 2.24) is 14.5 Å². The molecule has 0 bridgehead atoms. The second-order valence-corrected chi connectivity index (χ2v) is 5.10. The lowest BCUT2D eigenvalue weighted by Gasteiger charge is -2.08. The summed E-state index contributed by atoms with van der Waals surface area (Å²) in [5.41, 5.74) is 3.03. The molecule has 0 amide bonds. The summed E-state index contributed by atoms with van der Waals surface area (Å²) in [5, 5.41) is -0.0821. The summed E-state index contributed by atoms with van der Waals surface area (Å²) in [6.07, 6.45) is 4.16. The first-order valence-electron chi connectivity index (χ1n) is 6.10. The summed E-state index contributed by atoms with van der Waals surface area (Å²) in [6, 6.07) is 2.06. The van der Waals surface area contributed by atoms with Crippen molar-refractivity contribution in [2.75, 3.05) is 0 Å². The first-order chi connectivity index (χ1) is 8.13. The second kappa shape index (κ2) is 5.05. The van der Waals surface area contributed by atoms with Gasteiger partial charge in [-0.15, -0.1) is 11.6 Å². The number of aryl methyl sites for hydroxylation is 2. The summed E-state index contributed by atoms with van der Waals surface area (Å²) in [5.74, 6) is 0.924. The van der Waals surface area contributed by atoms with E-state index in [0.29, 0.717) is 0 Å². The number of pyridine rings is 1. The molecule has 2 aromatic rings. The molecule has 0 fully saturated rings.